The highest BCUT2D eigenvalue weighted by Gasteiger charge is 2.51. The number of imidazole rings is 1. The number of nitrogens with one attached hydrogen (secondary N) is 1. The average molecular weight is 474 g/mol. The first-order valence-electron chi connectivity index (χ1n) is 10.6. The molecule has 2 aromatic heterocycles. The molecule has 3 heterocycles. The zero-order chi connectivity index (χ0) is 23.9. The van der Waals surface area contributed by atoms with Crippen molar-refractivity contribution in [3.63, 3.8) is 0 Å². The van der Waals surface area contributed by atoms with Crippen molar-refractivity contribution in [1.82, 2.24) is 19.5 Å². The van der Waals surface area contributed by atoms with Gasteiger partial charge >= 0.3 is 7.60 Å². The molecule has 4 unspecified atom stereocenters. The summed E-state index contributed by atoms with van der Waals surface area (Å²) in [5, 5.41) is 29.9. The highest BCUT2D eigenvalue weighted by atomic mass is 31.2. The van der Waals surface area contributed by atoms with Gasteiger partial charge in [0.25, 0.3) is 5.56 Å². The van der Waals surface area contributed by atoms with Crippen LogP contribution < -0.4 is 5.56 Å². The van der Waals surface area contributed by atoms with Crippen molar-refractivity contribution in [3.05, 3.63) is 23.0 Å². The summed E-state index contributed by atoms with van der Waals surface area (Å²) >= 11 is 0. The van der Waals surface area contributed by atoms with Gasteiger partial charge in [-0.2, -0.15) is 0 Å². The molecule has 0 saturated carbocycles. The van der Waals surface area contributed by atoms with E-state index in [0.29, 0.717) is 0 Å². The number of hydrogen-bond donors (Lipinski definition) is 5. The Labute approximate surface area is 184 Å². The van der Waals surface area contributed by atoms with E-state index in [1.54, 1.807) is 27.7 Å². The van der Waals surface area contributed by atoms with Gasteiger partial charge in [-0.1, -0.05) is 20.8 Å². The first kappa shape index (κ1) is 25.0. The van der Waals surface area contributed by atoms with Crippen molar-refractivity contribution in [1.29, 1.82) is 0 Å². The van der Waals surface area contributed by atoms with Gasteiger partial charge in [0.1, 0.15) is 12.2 Å². The standard InChI is InChI=1S/C19H31N4O8P/c1-5-18(4,31-32(28,29)19(27,6-2)7-3)8-11-13(24)14(25)17(30-11)23-10-22-12-15(23)20-9-21-16(12)26/h9-11,13-14,17,24-25,27H,5-8H2,1-4H3,(H,28,29)(H,20,21,26)/t11?,13?,14-,17-,18?/m1/s1. The lowest BCUT2D eigenvalue weighted by molar-refractivity contribution is -0.0696. The molecule has 0 radical (unpaired) electrons. The first-order valence-corrected chi connectivity index (χ1v) is 12.2. The molecule has 1 saturated heterocycles. The van der Waals surface area contributed by atoms with Crippen LogP contribution in [-0.2, 0) is 13.8 Å². The summed E-state index contributed by atoms with van der Waals surface area (Å²) in [4.78, 5) is 32.9. The van der Waals surface area contributed by atoms with Crippen molar-refractivity contribution in [2.24, 2.45) is 0 Å². The fourth-order valence-electron chi connectivity index (χ4n) is 3.88. The number of aliphatic hydroxyl groups is 3. The van der Waals surface area contributed by atoms with Crippen molar-refractivity contribution in [3.8, 4) is 0 Å². The maximum absolute atomic E-state index is 12.9. The van der Waals surface area contributed by atoms with Gasteiger partial charge in [0.2, 0.25) is 0 Å². The lowest BCUT2D eigenvalue weighted by atomic mass is 9.93. The van der Waals surface area contributed by atoms with Gasteiger partial charge in [0, 0.05) is 6.42 Å². The minimum absolute atomic E-state index is 0.0280. The van der Waals surface area contributed by atoms with Crippen LogP contribution in [0.5, 0.6) is 0 Å². The molecule has 2 aromatic rings. The van der Waals surface area contributed by atoms with E-state index in [2.05, 4.69) is 15.0 Å². The van der Waals surface area contributed by atoms with Crippen LogP contribution in [0.25, 0.3) is 11.2 Å². The molecular weight excluding hydrogens is 443 g/mol. The lowest BCUT2D eigenvalue weighted by Gasteiger charge is -2.38. The molecule has 1 aliphatic heterocycles. The number of H-pyrrole nitrogens is 1. The SMILES string of the molecule is CCC(C)(CC1O[C@@H](n2cnc3c(=O)[nH]cnc32)[C@H](O)C1O)OP(=O)(O)C(O)(CC)CC. The average Bonchev–Trinajstić information content (AvgIpc) is 3.30. The third kappa shape index (κ3) is 4.28. The monoisotopic (exact) mass is 474 g/mol. The van der Waals surface area contributed by atoms with E-state index >= 15 is 0 Å². The lowest BCUT2D eigenvalue weighted by Crippen LogP contribution is -2.40. The van der Waals surface area contributed by atoms with Gasteiger partial charge in [-0.25, -0.2) is 9.97 Å². The number of fused-ring (bicyclic) bond motifs is 1. The minimum atomic E-state index is -4.45. The number of hydrogen-bond acceptors (Lipinski definition) is 9. The summed E-state index contributed by atoms with van der Waals surface area (Å²) in [6.45, 7) is 6.52. The van der Waals surface area contributed by atoms with Gasteiger partial charge in [0.05, 0.1) is 24.4 Å². The van der Waals surface area contributed by atoms with Gasteiger partial charge in [0.15, 0.2) is 22.7 Å². The van der Waals surface area contributed by atoms with Crippen LogP contribution in [0.3, 0.4) is 0 Å². The van der Waals surface area contributed by atoms with E-state index in [1.807, 2.05) is 0 Å². The predicted octanol–water partition coefficient (Wildman–Crippen LogP) is 1.01. The van der Waals surface area contributed by atoms with Gasteiger partial charge in [-0.3, -0.25) is 13.9 Å². The fourth-order valence-corrected chi connectivity index (χ4v) is 5.65. The smallest absolute Gasteiger partial charge is 0.359 e. The maximum atomic E-state index is 12.9. The quantitative estimate of drug-likeness (QED) is 0.329. The number of aromatic nitrogens is 4. The maximum Gasteiger partial charge on any atom is 0.359 e. The van der Waals surface area contributed by atoms with Crippen LogP contribution in [0.1, 0.15) is 59.6 Å². The molecule has 6 atom stereocenters. The van der Waals surface area contributed by atoms with E-state index in [4.69, 9.17) is 9.26 Å². The zero-order valence-electron chi connectivity index (χ0n) is 18.5. The molecule has 12 nitrogen and oxygen atoms in total. The van der Waals surface area contributed by atoms with Crippen LogP contribution in [-0.4, -0.2) is 69.0 Å². The summed E-state index contributed by atoms with van der Waals surface area (Å²) in [5.41, 5.74) is -1.46. The molecule has 0 aromatic carbocycles. The summed E-state index contributed by atoms with van der Waals surface area (Å²) in [6, 6.07) is 0. The Balaban J connectivity index is 1.84. The van der Waals surface area contributed by atoms with Crippen LogP contribution in [0, 0.1) is 0 Å². The second-order valence-corrected chi connectivity index (χ2v) is 10.5. The molecule has 0 amide bonds. The molecule has 3 rings (SSSR count). The van der Waals surface area contributed by atoms with Crippen LogP contribution in [0.15, 0.2) is 17.4 Å². The second-order valence-electron chi connectivity index (χ2n) is 8.41. The summed E-state index contributed by atoms with van der Waals surface area (Å²) in [6.07, 6.45) is -1.98. The van der Waals surface area contributed by atoms with Gasteiger partial charge < -0.3 is 34.5 Å². The van der Waals surface area contributed by atoms with Crippen molar-refractivity contribution >= 4 is 18.8 Å². The van der Waals surface area contributed by atoms with Crippen LogP contribution in [0.4, 0.5) is 0 Å². The molecule has 5 N–H and O–H groups in total. The van der Waals surface area contributed by atoms with E-state index in [1.165, 1.54) is 17.2 Å². The normalized spacial score (nSPS) is 28.0. The Morgan fingerprint density at radius 1 is 1.22 bits per heavy atom. The first-order chi connectivity index (χ1) is 14.9. The largest absolute Gasteiger partial charge is 0.388 e. The molecular formula is C19H31N4O8P. The number of rotatable bonds is 9. The Morgan fingerprint density at radius 2 is 1.88 bits per heavy atom. The van der Waals surface area contributed by atoms with Gasteiger partial charge in [-0.05, 0) is 26.2 Å². The third-order valence-electron chi connectivity index (χ3n) is 6.36. The van der Waals surface area contributed by atoms with Crippen molar-refractivity contribution < 1.29 is 34.0 Å². The molecule has 13 heteroatoms. The molecule has 1 aliphatic rings. The molecule has 0 aliphatic carbocycles. The predicted molar refractivity (Wildman–Crippen MR) is 114 cm³/mol. The molecule has 1 fully saturated rings. The number of aromatic amines is 1. The highest BCUT2D eigenvalue weighted by Crippen LogP contribution is 2.60. The Morgan fingerprint density at radius 3 is 2.47 bits per heavy atom. The number of ether oxygens (including phenoxy) is 1. The minimum Gasteiger partial charge on any atom is -0.388 e. The summed E-state index contributed by atoms with van der Waals surface area (Å²) in [5.74, 6) is 0. The number of nitrogens with zero attached hydrogens (tertiary/aromatic N) is 3. The zero-order valence-corrected chi connectivity index (χ0v) is 19.4. The van der Waals surface area contributed by atoms with E-state index in [0.717, 1.165) is 0 Å². The summed E-state index contributed by atoms with van der Waals surface area (Å²) in [7, 11) is -4.45. The van der Waals surface area contributed by atoms with E-state index in [9.17, 15) is 29.6 Å². The Kier molecular flexibility index (Phi) is 6.98. The third-order valence-corrected chi connectivity index (χ3v) is 8.73. The molecule has 0 bridgehead atoms. The van der Waals surface area contributed by atoms with Crippen molar-refractivity contribution in [2.45, 2.75) is 88.9 Å². The van der Waals surface area contributed by atoms with Crippen LogP contribution in [0.2, 0.25) is 0 Å². The van der Waals surface area contributed by atoms with Crippen molar-refractivity contribution in [2.75, 3.05) is 0 Å². The second kappa shape index (κ2) is 8.94. The molecule has 0 spiro atoms. The van der Waals surface area contributed by atoms with Gasteiger partial charge in [-0.15, -0.1) is 0 Å². The molecule has 32 heavy (non-hydrogen) atoms. The fraction of sp³-hybridized carbons (Fsp3) is 0.737. The van der Waals surface area contributed by atoms with E-state index < -0.39 is 48.6 Å². The highest BCUT2D eigenvalue weighted by molar-refractivity contribution is 7.54. The Hall–Kier alpha value is -1.66. The topological polar surface area (TPSA) is 180 Å². The summed E-state index contributed by atoms with van der Waals surface area (Å²) < 4.78 is 25.7. The Bertz CT molecular complexity index is 1050. The number of aliphatic hydroxyl groups excluding tert-OH is 2. The van der Waals surface area contributed by atoms with Crippen LogP contribution >= 0.6 is 7.60 Å². The van der Waals surface area contributed by atoms with E-state index in [-0.39, 0.29) is 36.8 Å². The molecule has 180 valence electrons.